The Morgan fingerprint density at radius 2 is 2.00 bits per heavy atom. The van der Waals surface area contributed by atoms with Crippen molar-refractivity contribution in [2.75, 3.05) is 0 Å². The summed E-state index contributed by atoms with van der Waals surface area (Å²) in [5.41, 5.74) is 1.27. The zero-order valence-electron chi connectivity index (χ0n) is 5.06. The molecule has 0 amide bonds. The van der Waals surface area contributed by atoms with Crippen molar-refractivity contribution in [3.8, 4) is 0 Å². The van der Waals surface area contributed by atoms with Gasteiger partial charge in [-0.3, -0.25) is 0 Å². The summed E-state index contributed by atoms with van der Waals surface area (Å²) in [6, 6.07) is 6.21. The predicted octanol–water partition coefficient (Wildman–Crippen LogP) is 2.89. The molecule has 0 nitrogen and oxygen atoms in total. The van der Waals surface area contributed by atoms with Crippen molar-refractivity contribution < 1.29 is 0 Å². The maximum Gasteiger partial charge on any atom is 0.0143 e. The van der Waals surface area contributed by atoms with E-state index < -0.39 is 0 Å². The molecule has 0 heterocycles. The fourth-order valence-corrected chi connectivity index (χ4v) is 2.13. The van der Waals surface area contributed by atoms with Crippen LogP contribution in [0.15, 0.2) is 23.1 Å². The third-order valence-electron chi connectivity index (χ3n) is 1.03. The number of rotatable bonds is 0. The summed E-state index contributed by atoms with van der Waals surface area (Å²) >= 11 is 6.50. The molecule has 0 aliphatic rings. The molecular weight excluding hydrogens is 243 g/mol. The molecule has 1 aromatic carbocycles. The summed E-state index contributed by atoms with van der Waals surface area (Å²) in [5, 5.41) is 0. The van der Waals surface area contributed by atoms with E-state index in [1.165, 1.54) is 9.13 Å². The van der Waals surface area contributed by atoms with Gasteiger partial charge in [-0.05, 0) is 53.3 Å². The SMILES string of the molecule is Cc1cc(S)cc(I)c1. The number of hydrogen-bond donors (Lipinski definition) is 1. The van der Waals surface area contributed by atoms with Gasteiger partial charge in [0.2, 0.25) is 0 Å². The van der Waals surface area contributed by atoms with Gasteiger partial charge in [0.15, 0.2) is 0 Å². The van der Waals surface area contributed by atoms with Crippen LogP contribution in [-0.2, 0) is 0 Å². The molecule has 0 bridgehead atoms. The van der Waals surface area contributed by atoms with Crippen LogP contribution in [0.4, 0.5) is 0 Å². The van der Waals surface area contributed by atoms with Crippen LogP contribution < -0.4 is 0 Å². The molecule has 9 heavy (non-hydrogen) atoms. The summed E-state index contributed by atoms with van der Waals surface area (Å²) in [6.45, 7) is 2.07. The third kappa shape index (κ3) is 2.18. The fraction of sp³-hybridized carbons (Fsp3) is 0.143. The first-order valence-corrected chi connectivity index (χ1v) is 4.17. The van der Waals surface area contributed by atoms with E-state index in [9.17, 15) is 0 Å². The second-order valence-electron chi connectivity index (χ2n) is 1.99. The molecule has 48 valence electrons. The smallest absolute Gasteiger partial charge is 0.0143 e. The van der Waals surface area contributed by atoms with Crippen molar-refractivity contribution >= 4 is 35.2 Å². The second kappa shape index (κ2) is 2.92. The molecule has 0 spiro atoms. The molecule has 0 saturated heterocycles. The van der Waals surface area contributed by atoms with Gasteiger partial charge in [-0.25, -0.2) is 0 Å². The van der Waals surface area contributed by atoms with Gasteiger partial charge in [-0.2, -0.15) is 0 Å². The molecule has 0 aromatic heterocycles. The molecule has 1 rings (SSSR count). The highest BCUT2D eigenvalue weighted by Gasteiger charge is 1.89. The van der Waals surface area contributed by atoms with Crippen LogP contribution in [0.25, 0.3) is 0 Å². The van der Waals surface area contributed by atoms with Crippen LogP contribution in [-0.4, -0.2) is 0 Å². The number of aryl methyl sites for hydroxylation is 1. The van der Waals surface area contributed by atoms with Crippen LogP contribution in [0.1, 0.15) is 5.56 Å². The van der Waals surface area contributed by atoms with Crippen LogP contribution in [0, 0.1) is 10.5 Å². The highest BCUT2D eigenvalue weighted by molar-refractivity contribution is 14.1. The molecule has 0 radical (unpaired) electrons. The lowest BCUT2D eigenvalue weighted by atomic mass is 10.2. The van der Waals surface area contributed by atoms with Gasteiger partial charge in [0.25, 0.3) is 0 Å². The quantitative estimate of drug-likeness (QED) is 0.531. The van der Waals surface area contributed by atoms with Crippen molar-refractivity contribution in [1.29, 1.82) is 0 Å². The van der Waals surface area contributed by atoms with E-state index in [4.69, 9.17) is 0 Å². The third-order valence-corrected chi connectivity index (χ3v) is 1.91. The minimum absolute atomic E-state index is 1.04. The molecule has 0 aliphatic carbocycles. The van der Waals surface area contributed by atoms with Crippen molar-refractivity contribution in [2.45, 2.75) is 11.8 Å². The molecule has 2 heteroatoms. The number of hydrogen-bond acceptors (Lipinski definition) is 1. The van der Waals surface area contributed by atoms with Gasteiger partial charge >= 0.3 is 0 Å². The number of benzene rings is 1. The van der Waals surface area contributed by atoms with Crippen molar-refractivity contribution in [3.63, 3.8) is 0 Å². The molecular formula is C7H7IS. The van der Waals surface area contributed by atoms with Gasteiger partial charge in [-0.1, -0.05) is 0 Å². The van der Waals surface area contributed by atoms with Crippen molar-refractivity contribution in [2.24, 2.45) is 0 Å². The standard InChI is InChI=1S/C7H7IS/c1-5-2-6(8)4-7(9)3-5/h2-4,9H,1H3. The van der Waals surface area contributed by atoms with Crippen molar-refractivity contribution in [1.82, 2.24) is 0 Å². The van der Waals surface area contributed by atoms with Gasteiger partial charge in [0.1, 0.15) is 0 Å². The van der Waals surface area contributed by atoms with E-state index in [2.05, 4.69) is 48.2 Å². The fourth-order valence-electron chi connectivity index (χ4n) is 0.717. The van der Waals surface area contributed by atoms with E-state index >= 15 is 0 Å². The maximum atomic E-state index is 4.22. The van der Waals surface area contributed by atoms with Crippen molar-refractivity contribution in [3.05, 3.63) is 27.3 Å². The zero-order valence-corrected chi connectivity index (χ0v) is 8.11. The largest absolute Gasteiger partial charge is 0.143 e. The minimum Gasteiger partial charge on any atom is -0.143 e. The highest BCUT2D eigenvalue weighted by atomic mass is 127. The number of halogens is 1. The minimum atomic E-state index is 1.04. The Hall–Kier alpha value is 0.300. The normalized spacial score (nSPS) is 9.67. The lowest BCUT2D eigenvalue weighted by Gasteiger charge is -1.94. The van der Waals surface area contributed by atoms with E-state index in [-0.39, 0.29) is 0 Å². The van der Waals surface area contributed by atoms with Gasteiger partial charge in [0, 0.05) is 8.47 Å². The highest BCUT2D eigenvalue weighted by Crippen LogP contribution is 2.13. The van der Waals surface area contributed by atoms with E-state index in [1.807, 2.05) is 12.1 Å². The molecule has 0 saturated carbocycles. The Balaban J connectivity index is 3.17. The van der Waals surface area contributed by atoms with E-state index in [0.29, 0.717) is 0 Å². The number of thiol groups is 1. The van der Waals surface area contributed by atoms with Gasteiger partial charge in [-0.15, -0.1) is 12.6 Å². The Morgan fingerprint density at radius 1 is 1.33 bits per heavy atom. The Labute approximate surface area is 74.2 Å². The molecule has 0 atom stereocenters. The Morgan fingerprint density at radius 3 is 2.44 bits per heavy atom. The summed E-state index contributed by atoms with van der Waals surface area (Å²) in [5.74, 6) is 0. The molecule has 1 aromatic rings. The van der Waals surface area contributed by atoms with E-state index in [0.717, 1.165) is 4.90 Å². The lowest BCUT2D eigenvalue weighted by molar-refractivity contribution is 1.35. The Bertz CT molecular complexity index is 170. The summed E-state index contributed by atoms with van der Waals surface area (Å²) in [7, 11) is 0. The maximum absolute atomic E-state index is 4.22. The van der Waals surface area contributed by atoms with Gasteiger partial charge < -0.3 is 0 Å². The average Bonchev–Trinajstić information content (AvgIpc) is 1.59. The zero-order chi connectivity index (χ0) is 6.85. The van der Waals surface area contributed by atoms with E-state index in [1.54, 1.807) is 0 Å². The average molecular weight is 250 g/mol. The molecule has 0 fully saturated rings. The molecule has 0 unspecified atom stereocenters. The predicted molar refractivity (Wildman–Crippen MR) is 51.1 cm³/mol. The summed E-state index contributed by atoms with van der Waals surface area (Å²) in [4.78, 5) is 1.04. The molecule has 0 aliphatic heterocycles. The summed E-state index contributed by atoms with van der Waals surface area (Å²) < 4.78 is 1.25. The monoisotopic (exact) mass is 250 g/mol. The first kappa shape index (κ1) is 7.41. The van der Waals surface area contributed by atoms with Crippen LogP contribution in [0.5, 0.6) is 0 Å². The van der Waals surface area contributed by atoms with Crippen LogP contribution >= 0.6 is 35.2 Å². The first-order chi connectivity index (χ1) is 4.18. The second-order valence-corrected chi connectivity index (χ2v) is 3.75. The first-order valence-electron chi connectivity index (χ1n) is 2.64. The topological polar surface area (TPSA) is 0 Å². The van der Waals surface area contributed by atoms with Gasteiger partial charge in [0.05, 0.1) is 0 Å². The lowest BCUT2D eigenvalue weighted by Crippen LogP contribution is -1.74. The summed E-state index contributed by atoms with van der Waals surface area (Å²) in [6.07, 6.45) is 0. The molecule has 0 N–H and O–H groups in total. The Kier molecular flexibility index (Phi) is 2.41. The van der Waals surface area contributed by atoms with Crippen LogP contribution in [0.2, 0.25) is 0 Å². The van der Waals surface area contributed by atoms with Crippen LogP contribution in [0.3, 0.4) is 0 Å².